The highest BCUT2D eigenvalue weighted by atomic mass is 32.2. The number of primary amides is 1. The van der Waals surface area contributed by atoms with Gasteiger partial charge >= 0.3 is 0 Å². The van der Waals surface area contributed by atoms with E-state index in [0.717, 1.165) is 16.9 Å². The van der Waals surface area contributed by atoms with Crippen LogP contribution >= 0.6 is 11.3 Å². The summed E-state index contributed by atoms with van der Waals surface area (Å²) in [6, 6.07) is 5.09. The summed E-state index contributed by atoms with van der Waals surface area (Å²) < 4.78 is 28.0. The summed E-state index contributed by atoms with van der Waals surface area (Å²) in [5, 5.41) is 0.151. The zero-order valence-corrected chi connectivity index (χ0v) is 18.2. The number of nitrogens with one attached hydrogen (secondary N) is 1. The van der Waals surface area contributed by atoms with Crippen LogP contribution in [0.4, 0.5) is 5.13 Å². The number of rotatable bonds is 5. The van der Waals surface area contributed by atoms with Gasteiger partial charge in [0, 0.05) is 19.0 Å². The molecular weight excluding hydrogens is 412 g/mol. The van der Waals surface area contributed by atoms with Gasteiger partial charge in [0.2, 0.25) is 5.91 Å². The summed E-state index contributed by atoms with van der Waals surface area (Å²) in [4.78, 5) is 30.6. The third-order valence-electron chi connectivity index (χ3n) is 5.02. The number of amides is 2. The summed E-state index contributed by atoms with van der Waals surface area (Å²) in [5.74, 6) is -0.754. The van der Waals surface area contributed by atoms with Crippen LogP contribution in [0.5, 0.6) is 0 Å². The Morgan fingerprint density at radius 3 is 2.45 bits per heavy atom. The van der Waals surface area contributed by atoms with Crippen LogP contribution in [0, 0.1) is 26.7 Å². The van der Waals surface area contributed by atoms with Crippen molar-refractivity contribution >= 4 is 38.3 Å². The van der Waals surface area contributed by atoms with Crippen molar-refractivity contribution in [2.45, 2.75) is 38.5 Å². The van der Waals surface area contributed by atoms with Crippen molar-refractivity contribution in [2.24, 2.45) is 11.7 Å². The van der Waals surface area contributed by atoms with Gasteiger partial charge in [-0.15, -0.1) is 0 Å². The van der Waals surface area contributed by atoms with E-state index in [1.165, 1.54) is 0 Å². The molecule has 0 atom stereocenters. The second kappa shape index (κ2) is 8.11. The number of sulfonamides is 1. The predicted molar refractivity (Wildman–Crippen MR) is 111 cm³/mol. The normalized spacial score (nSPS) is 15.3. The van der Waals surface area contributed by atoms with Crippen LogP contribution in [0.1, 0.15) is 39.3 Å². The van der Waals surface area contributed by atoms with Crippen LogP contribution in [0.3, 0.4) is 0 Å². The van der Waals surface area contributed by atoms with Crippen molar-refractivity contribution < 1.29 is 18.0 Å². The minimum absolute atomic E-state index is 0.151. The number of piperidine rings is 1. The van der Waals surface area contributed by atoms with Gasteiger partial charge in [0.05, 0.1) is 10.6 Å². The lowest BCUT2D eigenvalue weighted by Gasteiger charge is -2.30. The first-order chi connectivity index (χ1) is 13.6. The number of aryl methyl sites for hydroxylation is 3. The zero-order chi connectivity index (χ0) is 21.3. The molecule has 0 spiro atoms. The molecule has 0 unspecified atom stereocenters. The molecule has 3 N–H and O–H groups in total. The van der Waals surface area contributed by atoms with Crippen molar-refractivity contribution in [1.29, 1.82) is 0 Å². The molecule has 1 aliphatic heterocycles. The second-order valence-corrected chi connectivity index (χ2v) is 9.93. The lowest BCUT2D eigenvalue weighted by atomic mass is 9.96. The molecule has 8 nitrogen and oxygen atoms in total. The average molecular weight is 437 g/mol. The van der Waals surface area contributed by atoms with Crippen LogP contribution in [-0.2, 0) is 14.8 Å². The molecule has 1 saturated heterocycles. The van der Waals surface area contributed by atoms with E-state index in [4.69, 9.17) is 5.73 Å². The average Bonchev–Trinajstić information content (AvgIpc) is 3.00. The molecule has 2 aromatic rings. The van der Waals surface area contributed by atoms with Crippen LogP contribution in [0.2, 0.25) is 0 Å². The van der Waals surface area contributed by atoms with Gasteiger partial charge in [-0.05, 0) is 45.2 Å². The molecule has 1 fully saturated rings. The third kappa shape index (κ3) is 4.59. The van der Waals surface area contributed by atoms with E-state index in [2.05, 4.69) is 9.71 Å². The van der Waals surface area contributed by atoms with Gasteiger partial charge in [-0.25, -0.2) is 13.4 Å². The molecule has 0 saturated carbocycles. The minimum Gasteiger partial charge on any atom is -0.369 e. The van der Waals surface area contributed by atoms with Crippen LogP contribution in [-0.4, -0.2) is 43.2 Å². The lowest BCUT2D eigenvalue weighted by molar-refractivity contribution is -0.123. The maximum Gasteiger partial charge on any atom is 0.265 e. The molecule has 2 heterocycles. The first-order valence-corrected chi connectivity index (χ1v) is 11.5. The summed E-state index contributed by atoms with van der Waals surface area (Å²) >= 11 is 1.01. The van der Waals surface area contributed by atoms with E-state index in [1.807, 2.05) is 6.92 Å². The SMILES string of the molecule is Cc1ccc(S(=O)(=O)Nc2nc(C)c(C(=O)N3CCC(C(N)=O)CC3)s2)c(C)c1. The number of carbonyl (C=O) groups is 2. The molecule has 29 heavy (non-hydrogen) atoms. The first-order valence-electron chi connectivity index (χ1n) is 9.24. The van der Waals surface area contributed by atoms with Crippen molar-refractivity contribution in [3.05, 3.63) is 39.9 Å². The predicted octanol–water partition coefficient (Wildman–Crippen LogP) is 2.21. The molecule has 10 heteroatoms. The summed E-state index contributed by atoms with van der Waals surface area (Å²) in [7, 11) is -3.81. The molecule has 3 rings (SSSR count). The Labute approximate surface area is 174 Å². The first kappa shape index (κ1) is 21.3. The van der Waals surface area contributed by atoms with E-state index < -0.39 is 10.0 Å². The van der Waals surface area contributed by atoms with Gasteiger partial charge < -0.3 is 10.6 Å². The number of aromatic nitrogens is 1. The minimum atomic E-state index is -3.81. The summed E-state index contributed by atoms with van der Waals surface area (Å²) in [5.41, 5.74) is 7.42. The maximum absolute atomic E-state index is 12.8. The van der Waals surface area contributed by atoms with Gasteiger partial charge in [-0.3, -0.25) is 14.3 Å². The van der Waals surface area contributed by atoms with Gasteiger partial charge in [-0.2, -0.15) is 0 Å². The molecule has 1 aromatic heterocycles. The molecular formula is C19H24N4O4S2. The smallest absolute Gasteiger partial charge is 0.265 e. The fraction of sp³-hybridized carbons (Fsp3) is 0.421. The van der Waals surface area contributed by atoms with Crippen LogP contribution < -0.4 is 10.5 Å². The number of benzene rings is 1. The number of anilines is 1. The molecule has 0 bridgehead atoms. The number of nitrogens with zero attached hydrogens (tertiary/aromatic N) is 2. The van der Waals surface area contributed by atoms with Crippen molar-refractivity contribution in [2.75, 3.05) is 17.8 Å². The van der Waals surface area contributed by atoms with Crippen molar-refractivity contribution in [1.82, 2.24) is 9.88 Å². The van der Waals surface area contributed by atoms with Crippen LogP contribution in [0.15, 0.2) is 23.1 Å². The van der Waals surface area contributed by atoms with Gasteiger partial charge in [0.15, 0.2) is 5.13 Å². The number of carbonyl (C=O) groups excluding carboxylic acids is 2. The lowest BCUT2D eigenvalue weighted by Crippen LogP contribution is -2.41. The monoisotopic (exact) mass is 436 g/mol. The number of likely N-dealkylation sites (tertiary alicyclic amines) is 1. The Bertz CT molecular complexity index is 1050. The topological polar surface area (TPSA) is 122 Å². The molecule has 1 aromatic carbocycles. The zero-order valence-electron chi connectivity index (χ0n) is 16.6. The molecule has 0 aliphatic carbocycles. The van der Waals surface area contributed by atoms with E-state index in [-0.39, 0.29) is 27.8 Å². The summed E-state index contributed by atoms with van der Waals surface area (Å²) in [6.45, 7) is 6.18. The Hall–Kier alpha value is -2.46. The molecule has 0 radical (unpaired) electrons. The standard InChI is InChI=1S/C19H24N4O4S2/c1-11-4-5-15(12(2)10-11)29(26,27)22-19-21-13(3)16(28-19)18(25)23-8-6-14(7-9-23)17(20)24/h4-5,10,14H,6-9H2,1-3H3,(H2,20,24)(H,21,22). The van der Waals surface area contributed by atoms with Crippen molar-refractivity contribution in [3.8, 4) is 0 Å². The Morgan fingerprint density at radius 1 is 1.21 bits per heavy atom. The highest BCUT2D eigenvalue weighted by Gasteiger charge is 2.29. The van der Waals surface area contributed by atoms with E-state index in [1.54, 1.807) is 36.9 Å². The fourth-order valence-corrected chi connectivity index (χ4v) is 5.82. The largest absolute Gasteiger partial charge is 0.369 e. The van der Waals surface area contributed by atoms with Crippen molar-refractivity contribution in [3.63, 3.8) is 0 Å². The quantitative estimate of drug-likeness (QED) is 0.744. The number of hydrogen-bond acceptors (Lipinski definition) is 6. The fourth-order valence-electron chi connectivity index (χ4n) is 3.42. The summed E-state index contributed by atoms with van der Waals surface area (Å²) in [6.07, 6.45) is 1.07. The third-order valence-corrected chi connectivity index (χ3v) is 7.71. The van der Waals surface area contributed by atoms with E-state index in [9.17, 15) is 18.0 Å². The number of thiazole rings is 1. The number of hydrogen-bond donors (Lipinski definition) is 2. The van der Waals surface area contributed by atoms with E-state index in [0.29, 0.717) is 42.1 Å². The second-order valence-electron chi connectivity index (χ2n) is 7.28. The Balaban J connectivity index is 1.76. The van der Waals surface area contributed by atoms with E-state index >= 15 is 0 Å². The highest BCUT2D eigenvalue weighted by Crippen LogP contribution is 2.28. The number of nitrogens with two attached hydrogens (primary N) is 1. The molecule has 1 aliphatic rings. The highest BCUT2D eigenvalue weighted by molar-refractivity contribution is 7.93. The maximum atomic E-state index is 12.8. The van der Waals surface area contributed by atoms with Gasteiger partial charge in [0.25, 0.3) is 15.9 Å². The van der Waals surface area contributed by atoms with Gasteiger partial charge in [-0.1, -0.05) is 29.0 Å². The Morgan fingerprint density at radius 2 is 1.86 bits per heavy atom. The molecule has 156 valence electrons. The Kier molecular flexibility index (Phi) is 5.95. The molecule has 2 amide bonds. The van der Waals surface area contributed by atoms with Crippen LogP contribution in [0.25, 0.3) is 0 Å². The van der Waals surface area contributed by atoms with Gasteiger partial charge in [0.1, 0.15) is 4.88 Å².